The summed E-state index contributed by atoms with van der Waals surface area (Å²) < 4.78 is 14.8. The van der Waals surface area contributed by atoms with Gasteiger partial charge in [0.15, 0.2) is 0 Å². The molecule has 2 aromatic rings. The van der Waals surface area contributed by atoms with Crippen LogP contribution in [0, 0.1) is 12.7 Å². The molecular formula is C14H14ClFN2O2. The summed E-state index contributed by atoms with van der Waals surface area (Å²) in [5, 5.41) is 0.000224. The van der Waals surface area contributed by atoms with Crippen molar-refractivity contribution in [1.29, 1.82) is 0 Å². The van der Waals surface area contributed by atoms with Gasteiger partial charge in [-0.25, -0.2) is 13.8 Å². The lowest BCUT2D eigenvalue weighted by Crippen LogP contribution is -2.37. The van der Waals surface area contributed by atoms with Gasteiger partial charge >= 0.3 is 5.69 Å². The fraction of sp³-hybridized carbons (Fsp3) is 0.286. The number of aromatic nitrogens is 2. The summed E-state index contributed by atoms with van der Waals surface area (Å²) in [4.78, 5) is 26.8. The predicted octanol–water partition coefficient (Wildman–Crippen LogP) is 2.75. The number of aryl methyl sites for hydroxylation is 1. The molecule has 0 unspecified atom stereocenters. The first-order valence-corrected chi connectivity index (χ1v) is 6.52. The molecule has 4 nitrogen and oxygen atoms in total. The molecule has 0 amide bonds. The molecular weight excluding hydrogens is 283 g/mol. The molecule has 1 aromatic heterocycles. The lowest BCUT2D eigenvalue weighted by Gasteiger charge is -2.13. The van der Waals surface area contributed by atoms with Crippen LogP contribution < -0.4 is 11.2 Å². The maximum absolute atomic E-state index is 14.0. The number of nitrogens with one attached hydrogen (secondary N) is 1. The number of aromatic amines is 1. The normalized spacial score (nSPS) is 11.1. The zero-order valence-electron chi connectivity index (χ0n) is 11.3. The van der Waals surface area contributed by atoms with E-state index in [-0.39, 0.29) is 22.3 Å². The van der Waals surface area contributed by atoms with E-state index in [4.69, 9.17) is 11.6 Å². The Morgan fingerprint density at radius 2 is 1.95 bits per heavy atom. The molecule has 0 aliphatic heterocycles. The first kappa shape index (κ1) is 14.5. The molecule has 1 N–H and O–H groups in total. The summed E-state index contributed by atoms with van der Waals surface area (Å²) >= 11 is 5.91. The van der Waals surface area contributed by atoms with Gasteiger partial charge in [-0.3, -0.25) is 9.78 Å². The van der Waals surface area contributed by atoms with Crippen LogP contribution >= 0.6 is 11.6 Å². The SMILES string of the molecule is Cc1cccc(F)c1-n1c(=O)[nH]c(Cl)c(C(C)C)c1=O. The van der Waals surface area contributed by atoms with E-state index in [0.717, 1.165) is 4.57 Å². The highest BCUT2D eigenvalue weighted by atomic mass is 35.5. The standard InChI is InChI=1S/C14H14ClFN2O2/c1-7(2)10-12(15)17-14(20)18(13(10)19)11-8(3)5-4-6-9(11)16/h4-7H,1-3H3,(H,17,20). The molecule has 0 aliphatic rings. The lowest BCUT2D eigenvalue weighted by molar-refractivity contribution is 0.608. The van der Waals surface area contributed by atoms with Crippen molar-refractivity contribution in [2.45, 2.75) is 26.7 Å². The third-order valence-electron chi connectivity index (χ3n) is 3.08. The van der Waals surface area contributed by atoms with E-state index in [0.29, 0.717) is 5.56 Å². The van der Waals surface area contributed by atoms with Gasteiger partial charge < -0.3 is 0 Å². The van der Waals surface area contributed by atoms with Gasteiger partial charge in [-0.05, 0) is 24.5 Å². The van der Waals surface area contributed by atoms with Gasteiger partial charge in [0.2, 0.25) is 0 Å². The Morgan fingerprint density at radius 3 is 2.50 bits per heavy atom. The number of hydrogen-bond acceptors (Lipinski definition) is 2. The first-order chi connectivity index (χ1) is 9.34. The molecule has 0 aliphatic carbocycles. The van der Waals surface area contributed by atoms with Gasteiger partial charge in [-0.15, -0.1) is 0 Å². The van der Waals surface area contributed by atoms with E-state index >= 15 is 0 Å². The van der Waals surface area contributed by atoms with Crippen molar-refractivity contribution in [1.82, 2.24) is 9.55 Å². The highest BCUT2D eigenvalue weighted by molar-refractivity contribution is 6.30. The fourth-order valence-corrected chi connectivity index (χ4v) is 2.51. The molecule has 106 valence electrons. The number of rotatable bonds is 2. The summed E-state index contributed by atoms with van der Waals surface area (Å²) in [5.41, 5.74) is -0.639. The molecule has 20 heavy (non-hydrogen) atoms. The summed E-state index contributed by atoms with van der Waals surface area (Å²) in [6, 6.07) is 4.36. The van der Waals surface area contributed by atoms with Crippen LogP contribution in [0.15, 0.2) is 27.8 Å². The monoisotopic (exact) mass is 296 g/mol. The summed E-state index contributed by atoms with van der Waals surface area (Å²) in [7, 11) is 0. The smallest absolute Gasteiger partial charge is 0.297 e. The van der Waals surface area contributed by atoms with Crippen LogP contribution in [-0.4, -0.2) is 9.55 Å². The van der Waals surface area contributed by atoms with Crippen LogP contribution in [0.1, 0.15) is 30.9 Å². The number of hydrogen-bond donors (Lipinski definition) is 1. The van der Waals surface area contributed by atoms with Crippen molar-refractivity contribution in [3.8, 4) is 5.69 Å². The molecule has 1 heterocycles. The molecule has 0 bridgehead atoms. The summed E-state index contributed by atoms with van der Waals surface area (Å²) in [6.07, 6.45) is 0. The molecule has 1 aromatic carbocycles. The number of H-pyrrole nitrogens is 1. The zero-order chi connectivity index (χ0) is 15.0. The number of halogens is 2. The van der Waals surface area contributed by atoms with Gasteiger partial charge in [-0.2, -0.15) is 0 Å². The second-order valence-electron chi connectivity index (χ2n) is 4.86. The van der Waals surface area contributed by atoms with Crippen molar-refractivity contribution >= 4 is 11.6 Å². The van der Waals surface area contributed by atoms with E-state index in [1.807, 2.05) is 0 Å². The molecule has 0 saturated carbocycles. The lowest BCUT2D eigenvalue weighted by atomic mass is 10.1. The van der Waals surface area contributed by atoms with Crippen LogP contribution in [0.25, 0.3) is 5.69 Å². The fourth-order valence-electron chi connectivity index (χ4n) is 2.13. The zero-order valence-corrected chi connectivity index (χ0v) is 12.1. The number of benzene rings is 1. The molecule has 0 atom stereocenters. The van der Waals surface area contributed by atoms with Gasteiger partial charge in [-0.1, -0.05) is 37.6 Å². The van der Waals surface area contributed by atoms with Crippen LogP contribution in [-0.2, 0) is 0 Å². The van der Waals surface area contributed by atoms with Gasteiger partial charge in [0.25, 0.3) is 5.56 Å². The van der Waals surface area contributed by atoms with E-state index < -0.39 is 17.1 Å². The van der Waals surface area contributed by atoms with Crippen molar-refractivity contribution < 1.29 is 4.39 Å². The first-order valence-electron chi connectivity index (χ1n) is 6.14. The second-order valence-corrected chi connectivity index (χ2v) is 5.24. The average molecular weight is 297 g/mol. The van der Waals surface area contributed by atoms with Crippen molar-refractivity contribution in [3.63, 3.8) is 0 Å². The third-order valence-corrected chi connectivity index (χ3v) is 3.38. The third kappa shape index (κ3) is 2.29. The predicted molar refractivity (Wildman–Crippen MR) is 76.5 cm³/mol. The second kappa shape index (κ2) is 5.25. The van der Waals surface area contributed by atoms with Crippen LogP contribution in [0.3, 0.4) is 0 Å². The average Bonchev–Trinajstić information content (AvgIpc) is 2.31. The van der Waals surface area contributed by atoms with Crippen molar-refractivity contribution in [3.05, 3.63) is 61.1 Å². The van der Waals surface area contributed by atoms with Crippen LogP contribution in [0.5, 0.6) is 0 Å². The molecule has 0 fully saturated rings. The Balaban J connectivity index is 2.93. The van der Waals surface area contributed by atoms with Crippen LogP contribution in [0.4, 0.5) is 4.39 Å². The van der Waals surface area contributed by atoms with E-state index in [1.165, 1.54) is 12.1 Å². The Kier molecular flexibility index (Phi) is 3.81. The topological polar surface area (TPSA) is 54.9 Å². The summed E-state index contributed by atoms with van der Waals surface area (Å²) in [6.45, 7) is 5.19. The minimum absolute atomic E-state index is 0.000224. The highest BCUT2D eigenvalue weighted by Crippen LogP contribution is 2.19. The van der Waals surface area contributed by atoms with E-state index in [1.54, 1.807) is 26.8 Å². The van der Waals surface area contributed by atoms with Gasteiger partial charge in [0.1, 0.15) is 11.0 Å². The minimum Gasteiger partial charge on any atom is -0.297 e. The minimum atomic E-state index is -0.752. The molecule has 0 radical (unpaired) electrons. The van der Waals surface area contributed by atoms with Crippen molar-refractivity contribution in [2.24, 2.45) is 0 Å². The number of nitrogens with zero attached hydrogens (tertiary/aromatic N) is 1. The molecule has 6 heteroatoms. The van der Waals surface area contributed by atoms with Gasteiger partial charge in [0.05, 0.1) is 11.3 Å². The maximum Gasteiger partial charge on any atom is 0.334 e. The van der Waals surface area contributed by atoms with E-state index in [9.17, 15) is 14.0 Å². The maximum atomic E-state index is 14.0. The molecule has 0 spiro atoms. The van der Waals surface area contributed by atoms with Crippen molar-refractivity contribution in [2.75, 3.05) is 0 Å². The van der Waals surface area contributed by atoms with E-state index in [2.05, 4.69) is 4.98 Å². The summed E-state index contributed by atoms with van der Waals surface area (Å²) in [5.74, 6) is -0.820. The van der Waals surface area contributed by atoms with Gasteiger partial charge in [0, 0.05) is 0 Å². The molecule has 0 saturated heterocycles. The Labute approximate surface area is 119 Å². The Bertz CT molecular complexity index is 757. The quantitative estimate of drug-likeness (QED) is 0.866. The highest BCUT2D eigenvalue weighted by Gasteiger charge is 2.19. The van der Waals surface area contributed by atoms with Crippen LogP contribution in [0.2, 0.25) is 5.15 Å². The largest absolute Gasteiger partial charge is 0.334 e. The Morgan fingerprint density at radius 1 is 1.30 bits per heavy atom. The number of para-hydroxylation sites is 1. The molecule has 2 rings (SSSR count). The Hall–Kier alpha value is -1.88.